The molecule has 0 aliphatic rings. The summed E-state index contributed by atoms with van der Waals surface area (Å²) in [5, 5.41) is 5.70. The Hall–Kier alpha value is -3.22. The van der Waals surface area contributed by atoms with E-state index in [0.717, 1.165) is 5.56 Å². The average Bonchev–Trinajstić information content (AvgIpc) is 3.24. The Morgan fingerprint density at radius 1 is 1.00 bits per heavy atom. The molecule has 4 rings (SSSR count). The molecule has 0 spiro atoms. The van der Waals surface area contributed by atoms with E-state index in [4.69, 9.17) is 16.3 Å². The van der Waals surface area contributed by atoms with Gasteiger partial charge in [-0.3, -0.25) is 4.79 Å². The molecule has 30 heavy (non-hydrogen) atoms. The van der Waals surface area contributed by atoms with Crippen LogP contribution in [0.5, 0.6) is 5.75 Å². The number of ether oxygens (including phenoxy) is 1. The van der Waals surface area contributed by atoms with Crippen molar-refractivity contribution in [2.24, 2.45) is 0 Å². The van der Waals surface area contributed by atoms with Gasteiger partial charge in [-0.1, -0.05) is 54.1 Å². The molecule has 0 saturated carbocycles. The van der Waals surface area contributed by atoms with E-state index in [1.807, 2.05) is 23.6 Å². The number of carbonyl (C=O) groups is 1. The van der Waals surface area contributed by atoms with Crippen molar-refractivity contribution in [3.05, 3.63) is 89.0 Å². The van der Waals surface area contributed by atoms with Crippen LogP contribution in [0.25, 0.3) is 21.8 Å². The highest BCUT2D eigenvalue weighted by molar-refractivity contribution is 7.13. The molecular weight excluding hydrogens is 423 g/mol. The molecule has 150 valence electrons. The Morgan fingerprint density at radius 3 is 2.50 bits per heavy atom. The molecule has 0 bridgehead atoms. The standard InChI is InChI=1S/C23H16ClFN2O2S/c24-17-9-3-6-12-21(17)29-13-22(28)26-19-11-5-2-8-16(19)20-14-30-23(27-20)15-7-1-4-10-18(15)25/h1-12,14H,13H2,(H,26,28). The number of hydrogen-bond donors (Lipinski definition) is 1. The lowest BCUT2D eigenvalue weighted by molar-refractivity contribution is -0.118. The van der Waals surface area contributed by atoms with Gasteiger partial charge in [0.2, 0.25) is 0 Å². The molecule has 0 fully saturated rings. The van der Waals surface area contributed by atoms with Gasteiger partial charge in [-0.2, -0.15) is 0 Å². The molecule has 0 saturated heterocycles. The predicted molar refractivity (Wildman–Crippen MR) is 119 cm³/mol. The fourth-order valence-corrected chi connectivity index (χ4v) is 3.90. The van der Waals surface area contributed by atoms with Gasteiger partial charge in [-0.15, -0.1) is 11.3 Å². The number of benzene rings is 3. The molecule has 0 radical (unpaired) electrons. The predicted octanol–water partition coefficient (Wildman–Crippen LogP) is 6.29. The normalized spacial score (nSPS) is 10.6. The molecule has 1 aromatic heterocycles. The first-order valence-electron chi connectivity index (χ1n) is 9.09. The summed E-state index contributed by atoms with van der Waals surface area (Å²) in [6.45, 7) is -0.185. The monoisotopic (exact) mass is 438 g/mol. The lowest BCUT2D eigenvalue weighted by Crippen LogP contribution is -2.20. The van der Waals surface area contributed by atoms with E-state index in [2.05, 4.69) is 10.3 Å². The highest BCUT2D eigenvalue weighted by Gasteiger charge is 2.14. The van der Waals surface area contributed by atoms with Crippen molar-refractivity contribution in [1.29, 1.82) is 0 Å². The van der Waals surface area contributed by atoms with Crippen LogP contribution in [0, 0.1) is 5.82 Å². The number of amides is 1. The van der Waals surface area contributed by atoms with Crippen LogP contribution in [-0.4, -0.2) is 17.5 Å². The largest absolute Gasteiger partial charge is 0.482 e. The van der Waals surface area contributed by atoms with E-state index in [-0.39, 0.29) is 18.3 Å². The molecule has 1 amide bonds. The zero-order valence-corrected chi connectivity index (χ0v) is 17.2. The van der Waals surface area contributed by atoms with Gasteiger partial charge in [0, 0.05) is 16.5 Å². The Kier molecular flexibility index (Phi) is 6.07. The van der Waals surface area contributed by atoms with Crippen molar-refractivity contribution in [1.82, 2.24) is 4.98 Å². The number of anilines is 1. The Balaban J connectivity index is 1.51. The summed E-state index contributed by atoms with van der Waals surface area (Å²) in [5.41, 5.74) is 2.43. The molecule has 0 aliphatic heterocycles. The van der Waals surface area contributed by atoms with E-state index in [1.165, 1.54) is 17.4 Å². The molecule has 0 unspecified atom stereocenters. The summed E-state index contributed by atoms with van der Waals surface area (Å²) in [4.78, 5) is 17.0. The summed E-state index contributed by atoms with van der Waals surface area (Å²) in [6, 6.07) is 20.8. The SMILES string of the molecule is O=C(COc1ccccc1Cl)Nc1ccccc1-c1csc(-c2ccccc2F)n1. The van der Waals surface area contributed by atoms with Crippen molar-refractivity contribution in [2.75, 3.05) is 11.9 Å². The van der Waals surface area contributed by atoms with Gasteiger partial charge in [0.25, 0.3) is 5.91 Å². The second-order valence-corrected chi connectivity index (χ2v) is 7.60. The summed E-state index contributed by atoms with van der Waals surface area (Å²) in [7, 11) is 0. The summed E-state index contributed by atoms with van der Waals surface area (Å²) < 4.78 is 19.6. The van der Waals surface area contributed by atoms with Crippen LogP contribution in [0.15, 0.2) is 78.2 Å². The smallest absolute Gasteiger partial charge is 0.262 e. The topological polar surface area (TPSA) is 51.2 Å². The van der Waals surface area contributed by atoms with Crippen molar-refractivity contribution in [3.8, 4) is 27.6 Å². The molecule has 3 aromatic carbocycles. The van der Waals surface area contributed by atoms with Gasteiger partial charge in [0.1, 0.15) is 16.6 Å². The minimum Gasteiger partial charge on any atom is -0.482 e. The zero-order chi connectivity index (χ0) is 20.9. The van der Waals surface area contributed by atoms with Gasteiger partial charge in [-0.05, 0) is 30.3 Å². The molecule has 4 aromatic rings. The summed E-state index contributed by atoms with van der Waals surface area (Å²) >= 11 is 7.39. The second kappa shape index (κ2) is 9.07. The molecule has 1 N–H and O–H groups in total. The van der Waals surface area contributed by atoms with Gasteiger partial charge in [0.15, 0.2) is 6.61 Å². The van der Waals surface area contributed by atoms with Crippen molar-refractivity contribution in [2.45, 2.75) is 0 Å². The number of nitrogens with one attached hydrogen (secondary N) is 1. The highest BCUT2D eigenvalue weighted by atomic mass is 35.5. The number of thiazole rings is 1. The number of aromatic nitrogens is 1. The van der Waals surface area contributed by atoms with Crippen LogP contribution in [0.4, 0.5) is 10.1 Å². The summed E-state index contributed by atoms with van der Waals surface area (Å²) in [5.74, 6) is -0.208. The van der Waals surface area contributed by atoms with Crippen molar-refractivity contribution < 1.29 is 13.9 Å². The number of hydrogen-bond acceptors (Lipinski definition) is 4. The number of carbonyl (C=O) groups excluding carboxylic acids is 1. The van der Waals surface area contributed by atoms with Gasteiger partial charge in [0.05, 0.1) is 16.4 Å². The third-order valence-corrected chi connectivity index (χ3v) is 5.47. The minimum absolute atomic E-state index is 0.185. The van der Waals surface area contributed by atoms with Gasteiger partial charge >= 0.3 is 0 Å². The van der Waals surface area contributed by atoms with Gasteiger partial charge in [-0.25, -0.2) is 9.37 Å². The quantitative estimate of drug-likeness (QED) is 0.385. The first-order valence-corrected chi connectivity index (χ1v) is 10.3. The molecule has 7 heteroatoms. The fraction of sp³-hybridized carbons (Fsp3) is 0.0435. The fourth-order valence-electron chi connectivity index (χ4n) is 2.86. The van der Waals surface area contributed by atoms with Crippen LogP contribution in [0.1, 0.15) is 0 Å². The Bertz CT molecular complexity index is 1200. The maximum absolute atomic E-state index is 14.1. The van der Waals surface area contributed by atoms with E-state index in [1.54, 1.807) is 48.5 Å². The highest BCUT2D eigenvalue weighted by Crippen LogP contribution is 2.33. The number of rotatable bonds is 6. The Labute approximate surface area is 181 Å². The lowest BCUT2D eigenvalue weighted by atomic mass is 10.1. The van der Waals surface area contributed by atoms with E-state index in [0.29, 0.717) is 32.7 Å². The van der Waals surface area contributed by atoms with Crippen LogP contribution in [-0.2, 0) is 4.79 Å². The van der Waals surface area contributed by atoms with E-state index < -0.39 is 0 Å². The van der Waals surface area contributed by atoms with E-state index in [9.17, 15) is 9.18 Å². The van der Waals surface area contributed by atoms with Crippen LogP contribution < -0.4 is 10.1 Å². The molecule has 4 nitrogen and oxygen atoms in total. The third kappa shape index (κ3) is 4.50. The maximum atomic E-state index is 14.1. The van der Waals surface area contributed by atoms with E-state index >= 15 is 0 Å². The Morgan fingerprint density at radius 2 is 1.70 bits per heavy atom. The van der Waals surface area contributed by atoms with Crippen LogP contribution in [0.2, 0.25) is 5.02 Å². The maximum Gasteiger partial charge on any atom is 0.262 e. The number of halogens is 2. The average molecular weight is 439 g/mol. The van der Waals surface area contributed by atoms with Crippen molar-refractivity contribution >= 4 is 34.5 Å². The number of nitrogens with zero attached hydrogens (tertiary/aromatic N) is 1. The zero-order valence-electron chi connectivity index (χ0n) is 15.6. The van der Waals surface area contributed by atoms with Crippen LogP contribution >= 0.6 is 22.9 Å². The lowest BCUT2D eigenvalue weighted by Gasteiger charge is -2.11. The van der Waals surface area contributed by atoms with Crippen LogP contribution in [0.3, 0.4) is 0 Å². The second-order valence-electron chi connectivity index (χ2n) is 6.33. The number of para-hydroxylation sites is 2. The minimum atomic E-state index is -0.327. The molecule has 0 aliphatic carbocycles. The summed E-state index contributed by atoms with van der Waals surface area (Å²) in [6.07, 6.45) is 0. The molecule has 0 atom stereocenters. The third-order valence-electron chi connectivity index (χ3n) is 4.28. The van der Waals surface area contributed by atoms with Crippen molar-refractivity contribution in [3.63, 3.8) is 0 Å². The molecule has 1 heterocycles. The van der Waals surface area contributed by atoms with Gasteiger partial charge < -0.3 is 10.1 Å². The molecular formula is C23H16ClFN2O2S. The first kappa shape index (κ1) is 20.1. The first-order chi connectivity index (χ1) is 14.6.